The number of sulfonamides is 1. The summed E-state index contributed by atoms with van der Waals surface area (Å²) in [5.74, 6) is -0.618. The van der Waals surface area contributed by atoms with Crippen molar-refractivity contribution < 1.29 is 13.2 Å². The maximum atomic E-state index is 13.4. The number of H-pyrrole nitrogens is 1. The molecule has 0 radical (unpaired) electrons. The lowest BCUT2D eigenvalue weighted by atomic mass is 10.1. The molecule has 0 aliphatic heterocycles. The maximum Gasteiger partial charge on any atom is 0.330 e. The molecule has 11 heteroatoms. The van der Waals surface area contributed by atoms with E-state index < -0.39 is 27.2 Å². The van der Waals surface area contributed by atoms with Crippen molar-refractivity contribution in [2.75, 3.05) is 17.2 Å². The molecule has 33 heavy (non-hydrogen) atoms. The number of nitrogens with zero attached hydrogens (tertiary/aromatic N) is 2. The average Bonchev–Trinajstić information content (AvgIpc) is 2.71. The summed E-state index contributed by atoms with van der Waals surface area (Å²) in [5.41, 5.74) is 4.92. The standard InChI is InChI=1S/C22H33N5O5S/c1-6-7-12-26-19(23)18(20(28)24-22(26)30)27(13-14(2)3)21(29)16-8-10-17(11-9-16)33(31,32)25-15(4)5/h8-11,14-15,25H,6-7,12-13,23H2,1-5H3,(H,24,28,30). The highest BCUT2D eigenvalue weighted by Crippen LogP contribution is 2.22. The van der Waals surface area contributed by atoms with E-state index in [4.69, 9.17) is 5.73 Å². The lowest BCUT2D eigenvalue weighted by Crippen LogP contribution is -2.42. The second kappa shape index (κ2) is 10.8. The van der Waals surface area contributed by atoms with Gasteiger partial charge in [0.25, 0.3) is 11.5 Å². The number of aromatic amines is 1. The molecule has 1 heterocycles. The Morgan fingerprint density at radius 1 is 1.15 bits per heavy atom. The number of carbonyl (C=O) groups is 1. The lowest BCUT2D eigenvalue weighted by molar-refractivity contribution is 0.0983. The highest BCUT2D eigenvalue weighted by Gasteiger charge is 2.26. The van der Waals surface area contributed by atoms with Crippen LogP contribution in [0.5, 0.6) is 0 Å². The van der Waals surface area contributed by atoms with Crippen molar-refractivity contribution in [3.8, 4) is 0 Å². The summed E-state index contributed by atoms with van der Waals surface area (Å²) in [7, 11) is -3.71. The van der Waals surface area contributed by atoms with Crippen LogP contribution in [0.15, 0.2) is 38.8 Å². The predicted molar refractivity (Wildman–Crippen MR) is 129 cm³/mol. The molecule has 0 unspecified atom stereocenters. The molecule has 0 saturated heterocycles. The van der Waals surface area contributed by atoms with Crippen molar-refractivity contribution >= 4 is 27.4 Å². The van der Waals surface area contributed by atoms with Crippen molar-refractivity contribution in [1.82, 2.24) is 14.3 Å². The van der Waals surface area contributed by atoms with E-state index in [1.807, 2.05) is 20.8 Å². The minimum atomic E-state index is -3.71. The second-order valence-electron chi connectivity index (χ2n) is 8.61. The van der Waals surface area contributed by atoms with Crippen LogP contribution in [0, 0.1) is 5.92 Å². The fraction of sp³-hybridized carbons (Fsp3) is 0.500. The largest absolute Gasteiger partial charge is 0.383 e. The molecule has 0 saturated carbocycles. The molecule has 2 rings (SSSR count). The first-order chi connectivity index (χ1) is 15.4. The Bertz CT molecular complexity index is 1200. The highest BCUT2D eigenvalue weighted by atomic mass is 32.2. The lowest BCUT2D eigenvalue weighted by Gasteiger charge is -2.26. The molecule has 0 aliphatic carbocycles. The summed E-state index contributed by atoms with van der Waals surface area (Å²) >= 11 is 0. The Morgan fingerprint density at radius 2 is 1.76 bits per heavy atom. The molecule has 182 valence electrons. The number of rotatable bonds is 10. The second-order valence-corrected chi connectivity index (χ2v) is 10.3. The monoisotopic (exact) mass is 479 g/mol. The summed E-state index contributed by atoms with van der Waals surface area (Å²) in [5, 5.41) is 0. The van der Waals surface area contributed by atoms with Gasteiger partial charge in [-0.3, -0.25) is 19.1 Å². The van der Waals surface area contributed by atoms with Crippen LogP contribution in [0.1, 0.15) is 57.8 Å². The van der Waals surface area contributed by atoms with Crippen LogP contribution in [-0.4, -0.2) is 36.5 Å². The first kappa shape index (κ1) is 26.3. The number of carbonyl (C=O) groups excluding carboxylic acids is 1. The van der Waals surface area contributed by atoms with Gasteiger partial charge in [-0.2, -0.15) is 0 Å². The minimum Gasteiger partial charge on any atom is -0.383 e. The van der Waals surface area contributed by atoms with Crippen LogP contribution in [-0.2, 0) is 16.6 Å². The molecule has 0 spiro atoms. The number of amides is 1. The van der Waals surface area contributed by atoms with Gasteiger partial charge < -0.3 is 10.6 Å². The van der Waals surface area contributed by atoms with Gasteiger partial charge in [0.1, 0.15) is 5.82 Å². The summed E-state index contributed by atoms with van der Waals surface area (Å²) in [6.07, 6.45) is 1.49. The van der Waals surface area contributed by atoms with Gasteiger partial charge in [0, 0.05) is 24.7 Å². The molecule has 1 aromatic carbocycles. The number of aromatic nitrogens is 2. The van der Waals surface area contributed by atoms with Gasteiger partial charge in [-0.1, -0.05) is 27.2 Å². The number of nitrogens with two attached hydrogens (primary N) is 1. The first-order valence-corrected chi connectivity index (χ1v) is 12.4. The third kappa shape index (κ3) is 6.32. The van der Waals surface area contributed by atoms with Gasteiger partial charge in [0.15, 0.2) is 5.69 Å². The molecule has 4 N–H and O–H groups in total. The number of unbranched alkanes of at least 4 members (excludes halogenated alkanes) is 1. The van der Waals surface area contributed by atoms with Crippen LogP contribution in [0.25, 0.3) is 0 Å². The van der Waals surface area contributed by atoms with Gasteiger partial charge in [-0.05, 0) is 50.5 Å². The third-order valence-corrected chi connectivity index (χ3v) is 6.49. The summed E-state index contributed by atoms with van der Waals surface area (Å²) < 4.78 is 28.5. The molecule has 1 aromatic heterocycles. The van der Waals surface area contributed by atoms with Gasteiger partial charge >= 0.3 is 5.69 Å². The summed E-state index contributed by atoms with van der Waals surface area (Å²) in [4.78, 5) is 41.9. The van der Waals surface area contributed by atoms with E-state index >= 15 is 0 Å². The number of hydrogen-bond acceptors (Lipinski definition) is 6. The van der Waals surface area contributed by atoms with Crippen LogP contribution in [0.2, 0.25) is 0 Å². The summed E-state index contributed by atoms with van der Waals surface area (Å²) in [6, 6.07) is 5.17. The molecule has 1 amide bonds. The molecule has 0 atom stereocenters. The van der Waals surface area contributed by atoms with Gasteiger partial charge in [0.2, 0.25) is 10.0 Å². The van der Waals surface area contributed by atoms with E-state index in [0.717, 1.165) is 6.42 Å². The SMILES string of the molecule is CCCCn1c(N)c(N(CC(C)C)C(=O)c2ccc(S(=O)(=O)NC(C)C)cc2)c(=O)[nH]c1=O. The number of hydrogen-bond donors (Lipinski definition) is 3. The smallest absolute Gasteiger partial charge is 0.330 e. The van der Waals surface area contributed by atoms with Crippen molar-refractivity contribution in [1.29, 1.82) is 0 Å². The number of nitrogens with one attached hydrogen (secondary N) is 2. The Hall–Kier alpha value is -2.92. The zero-order valence-corrected chi connectivity index (χ0v) is 20.5. The van der Waals surface area contributed by atoms with Crippen LogP contribution in [0.3, 0.4) is 0 Å². The fourth-order valence-corrected chi connectivity index (χ4v) is 4.58. The van der Waals surface area contributed by atoms with Crippen LogP contribution in [0.4, 0.5) is 11.5 Å². The van der Waals surface area contributed by atoms with Crippen LogP contribution >= 0.6 is 0 Å². The van der Waals surface area contributed by atoms with E-state index in [2.05, 4.69) is 9.71 Å². The maximum absolute atomic E-state index is 13.4. The molecule has 0 aliphatic rings. The van der Waals surface area contributed by atoms with Gasteiger partial charge in [-0.15, -0.1) is 0 Å². The zero-order valence-electron chi connectivity index (χ0n) is 19.7. The van der Waals surface area contributed by atoms with Gasteiger partial charge in [-0.25, -0.2) is 17.9 Å². The number of benzene rings is 1. The van der Waals surface area contributed by atoms with Crippen molar-refractivity contribution in [2.45, 2.75) is 64.9 Å². The Labute approximate surface area is 193 Å². The highest BCUT2D eigenvalue weighted by molar-refractivity contribution is 7.89. The van der Waals surface area contributed by atoms with E-state index in [1.54, 1.807) is 13.8 Å². The minimum absolute atomic E-state index is 0.0151. The summed E-state index contributed by atoms with van der Waals surface area (Å²) in [6.45, 7) is 9.62. The molecular weight excluding hydrogens is 446 g/mol. The molecule has 0 fully saturated rings. The average molecular weight is 480 g/mol. The normalized spacial score (nSPS) is 11.8. The molecule has 10 nitrogen and oxygen atoms in total. The van der Waals surface area contributed by atoms with Crippen molar-refractivity contribution in [3.63, 3.8) is 0 Å². The molecule has 2 aromatic rings. The van der Waals surface area contributed by atoms with Crippen LogP contribution < -0.4 is 26.6 Å². The van der Waals surface area contributed by atoms with E-state index in [0.29, 0.717) is 13.0 Å². The zero-order chi connectivity index (χ0) is 24.9. The van der Waals surface area contributed by atoms with Gasteiger partial charge in [0.05, 0.1) is 4.90 Å². The molecule has 0 bridgehead atoms. The number of anilines is 2. The third-order valence-electron chi connectivity index (χ3n) is 4.81. The number of nitrogen functional groups attached to an aromatic ring is 1. The quantitative estimate of drug-likeness (QED) is 0.474. The van der Waals surface area contributed by atoms with E-state index in [9.17, 15) is 22.8 Å². The van der Waals surface area contributed by atoms with Crippen molar-refractivity contribution in [2.24, 2.45) is 5.92 Å². The first-order valence-electron chi connectivity index (χ1n) is 11.0. The van der Waals surface area contributed by atoms with E-state index in [-0.39, 0.29) is 40.5 Å². The predicted octanol–water partition coefficient (Wildman–Crippen LogP) is 1.91. The topological polar surface area (TPSA) is 147 Å². The van der Waals surface area contributed by atoms with E-state index in [1.165, 1.54) is 33.7 Å². The molecular formula is C22H33N5O5S. The Balaban J connectivity index is 2.53. The van der Waals surface area contributed by atoms with Crippen molar-refractivity contribution in [3.05, 3.63) is 50.7 Å². The fourth-order valence-electron chi connectivity index (χ4n) is 3.33. The Morgan fingerprint density at radius 3 is 2.27 bits per heavy atom. The Kier molecular flexibility index (Phi) is 8.62.